The van der Waals surface area contributed by atoms with Crippen molar-refractivity contribution in [3.63, 3.8) is 0 Å². The van der Waals surface area contributed by atoms with Gasteiger partial charge in [0.1, 0.15) is 0 Å². The number of aliphatic hydroxyl groups excluding tert-OH is 2. The van der Waals surface area contributed by atoms with Crippen LogP contribution in [0.25, 0.3) is 0 Å². The third-order valence-corrected chi connectivity index (χ3v) is 14.7. The van der Waals surface area contributed by atoms with Gasteiger partial charge in [0.15, 0.2) is 0 Å². The molecule has 0 aliphatic heterocycles. The van der Waals surface area contributed by atoms with E-state index in [-0.39, 0.29) is 18.5 Å². The fourth-order valence-electron chi connectivity index (χ4n) is 9.87. The van der Waals surface area contributed by atoms with Crippen LogP contribution < -0.4 is 5.32 Å². The lowest BCUT2D eigenvalue weighted by atomic mass is 10.0. The van der Waals surface area contributed by atoms with Crippen molar-refractivity contribution in [3.05, 3.63) is 24.3 Å². The molecule has 2 unspecified atom stereocenters. The van der Waals surface area contributed by atoms with Crippen LogP contribution in [0.5, 0.6) is 0 Å². The Kier molecular flexibility index (Phi) is 58.5. The summed E-state index contributed by atoms with van der Waals surface area (Å²) in [5.41, 5.74) is 0. The molecule has 0 aliphatic carbocycles. The Hall–Kier alpha value is -1.66. The highest BCUT2D eigenvalue weighted by Crippen LogP contribution is 2.18. The molecular formula is C64H123NO5. The molecule has 0 rings (SSSR count). The highest BCUT2D eigenvalue weighted by atomic mass is 16.5. The van der Waals surface area contributed by atoms with Gasteiger partial charge in [-0.25, -0.2) is 0 Å². The molecule has 0 aromatic heterocycles. The molecule has 0 aliphatic rings. The predicted octanol–water partition coefficient (Wildman–Crippen LogP) is 19.8. The number of hydrogen-bond acceptors (Lipinski definition) is 5. The van der Waals surface area contributed by atoms with Crippen LogP contribution in [0.1, 0.15) is 348 Å². The Labute approximate surface area is 437 Å². The van der Waals surface area contributed by atoms with Gasteiger partial charge in [0.2, 0.25) is 5.91 Å². The summed E-state index contributed by atoms with van der Waals surface area (Å²) in [4.78, 5) is 24.6. The number of unbranched alkanes of at least 4 members (excludes halogenated alkanes) is 46. The van der Waals surface area contributed by atoms with Crippen LogP contribution in [0.4, 0.5) is 0 Å². The van der Waals surface area contributed by atoms with Gasteiger partial charge in [0, 0.05) is 12.8 Å². The fourth-order valence-corrected chi connectivity index (χ4v) is 9.87. The Balaban J connectivity index is 3.40. The smallest absolute Gasteiger partial charge is 0.305 e. The zero-order chi connectivity index (χ0) is 50.7. The number of rotatable bonds is 59. The van der Waals surface area contributed by atoms with Gasteiger partial charge in [-0.15, -0.1) is 0 Å². The Morgan fingerprint density at radius 2 is 0.671 bits per heavy atom. The van der Waals surface area contributed by atoms with Gasteiger partial charge >= 0.3 is 5.97 Å². The number of carbonyl (C=O) groups excluding carboxylic acids is 2. The summed E-state index contributed by atoms with van der Waals surface area (Å²) in [6.45, 7) is 4.92. The highest BCUT2D eigenvalue weighted by molar-refractivity contribution is 5.76. The zero-order valence-electron chi connectivity index (χ0n) is 47.3. The first kappa shape index (κ1) is 68.3. The second-order valence-electron chi connectivity index (χ2n) is 21.7. The first-order valence-corrected chi connectivity index (χ1v) is 31.6. The Morgan fingerprint density at radius 1 is 0.386 bits per heavy atom. The minimum Gasteiger partial charge on any atom is -0.466 e. The Morgan fingerprint density at radius 3 is 1.01 bits per heavy atom. The number of allylic oxidation sites excluding steroid dienone is 3. The molecule has 3 N–H and O–H groups in total. The molecule has 0 heterocycles. The van der Waals surface area contributed by atoms with E-state index in [4.69, 9.17) is 4.74 Å². The van der Waals surface area contributed by atoms with Crippen LogP contribution >= 0.6 is 0 Å². The molecule has 6 nitrogen and oxygen atoms in total. The molecule has 414 valence electrons. The molecule has 0 bridgehead atoms. The SMILES string of the molecule is CCCCCCCC/C=C\CCCCCCCCCC(=O)OCCCCCCCCCCCCCCCCCCCCCCC(=O)NC(CO)C(O)/C=C/CCCCCCCCCCCCCCCC. The van der Waals surface area contributed by atoms with Crippen molar-refractivity contribution in [2.24, 2.45) is 0 Å². The maximum Gasteiger partial charge on any atom is 0.305 e. The first-order chi connectivity index (χ1) is 34.5. The van der Waals surface area contributed by atoms with Gasteiger partial charge in [0.25, 0.3) is 0 Å². The second kappa shape index (κ2) is 59.9. The molecule has 0 fully saturated rings. The normalized spacial score (nSPS) is 12.7. The molecule has 0 saturated heterocycles. The maximum absolute atomic E-state index is 12.5. The summed E-state index contributed by atoms with van der Waals surface area (Å²) in [5.74, 6) is -0.0607. The fraction of sp³-hybridized carbons (Fsp3) is 0.906. The lowest BCUT2D eigenvalue weighted by Gasteiger charge is -2.20. The molecule has 0 saturated carbocycles. The summed E-state index contributed by atoms with van der Waals surface area (Å²) in [6, 6.07) is -0.629. The van der Waals surface area contributed by atoms with Gasteiger partial charge in [-0.3, -0.25) is 9.59 Å². The average Bonchev–Trinajstić information content (AvgIpc) is 3.36. The van der Waals surface area contributed by atoms with E-state index in [0.717, 1.165) is 44.9 Å². The van der Waals surface area contributed by atoms with Gasteiger partial charge < -0.3 is 20.3 Å². The van der Waals surface area contributed by atoms with Crippen molar-refractivity contribution in [1.82, 2.24) is 5.32 Å². The van der Waals surface area contributed by atoms with Crippen LogP contribution in [0, 0.1) is 0 Å². The minimum atomic E-state index is -0.846. The largest absolute Gasteiger partial charge is 0.466 e. The number of hydrogen-bond donors (Lipinski definition) is 3. The molecule has 0 aromatic rings. The number of ether oxygens (including phenoxy) is 1. The van der Waals surface area contributed by atoms with Crippen molar-refractivity contribution in [3.8, 4) is 0 Å². The molecule has 0 aromatic carbocycles. The number of nitrogens with one attached hydrogen (secondary N) is 1. The number of aliphatic hydroxyl groups is 2. The van der Waals surface area contributed by atoms with Crippen molar-refractivity contribution in [2.75, 3.05) is 13.2 Å². The van der Waals surface area contributed by atoms with Gasteiger partial charge in [-0.05, 0) is 57.8 Å². The van der Waals surface area contributed by atoms with E-state index in [2.05, 4.69) is 31.3 Å². The van der Waals surface area contributed by atoms with E-state index in [9.17, 15) is 19.8 Å². The second-order valence-corrected chi connectivity index (χ2v) is 21.7. The molecule has 0 radical (unpaired) electrons. The summed E-state index contributed by atoms with van der Waals surface area (Å²) in [6.07, 6.45) is 73.6. The third kappa shape index (κ3) is 55.7. The van der Waals surface area contributed by atoms with E-state index >= 15 is 0 Å². The van der Waals surface area contributed by atoms with Crippen molar-refractivity contribution in [2.45, 2.75) is 360 Å². The molecule has 6 heteroatoms. The van der Waals surface area contributed by atoms with E-state index in [1.807, 2.05) is 6.08 Å². The van der Waals surface area contributed by atoms with Gasteiger partial charge in [0.05, 0.1) is 25.4 Å². The van der Waals surface area contributed by atoms with E-state index < -0.39 is 12.1 Å². The third-order valence-electron chi connectivity index (χ3n) is 14.7. The highest BCUT2D eigenvalue weighted by Gasteiger charge is 2.18. The molecule has 70 heavy (non-hydrogen) atoms. The summed E-state index contributed by atoms with van der Waals surface area (Å²) in [7, 11) is 0. The minimum absolute atomic E-state index is 0.00707. The molecule has 2 atom stereocenters. The van der Waals surface area contributed by atoms with Crippen molar-refractivity contribution < 1.29 is 24.5 Å². The zero-order valence-corrected chi connectivity index (χ0v) is 47.3. The van der Waals surface area contributed by atoms with E-state index in [0.29, 0.717) is 19.4 Å². The Bertz CT molecular complexity index is 1090. The average molecular weight is 987 g/mol. The maximum atomic E-state index is 12.5. The van der Waals surface area contributed by atoms with Crippen LogP contribution in [-0.4, -0.2) is 47.4 Å². The van der Waals surface area contributed by atoms with Crippen LogP contribution in [0.3, 0.4) is 0 Å². The van der Waals surface area contributed by atoms with Crippen LogP contribution in [-0.2, 0) is 14.3 Å². The van der Waals surface area contributed by atoms with Gasteiger partial charge in [-0.2, -0.15) is 0 Å². The molecule has 0 spiro atoms. The summed E-state index contributed by atoms with van der Waals surface area (Å²) < 4.78 is 5.49. The number of esters is 1. The van der Waals surface area contributed by atoms with Gasteiger partial charge in [-0.1, -0.05) is 301 Å². The summed E-state index contributed by atoms with van der Waals surface area (Å²) in [5, 5.41) is 23.1. The van der Waals surface area contributed by atoms with Crippen LogP contribution in [0.2, 0.25) is 0 Å². The van der Waals surface area contributed by atoms with E-state index in [1.165, 1.54) is 276 Å². The molecule has 1 amide bonds. The standard InChI is InChI=1S/C64H123NO5/c1-3-5-7-9-11-13-15-17-19-25-30-34-38-42-46-50-54-58-64(69)70-59-55-51-47-43-39-35-31-27-24-22-21-23-26-29-33-37-41-45-49-53-57-63(68)65-61(60-66)62(67)56-52-48-44-40-36-32-28-20-18-16-14-12-10-8-6-4-2/h17,19,52,56,61-62,66-67H,3-16,18,20-51,53-55,57-60H2,1-2H3,(H,65,68)/b19-17-,56-52+. The van der Waals surface area contributed by atoms with Crippen molar-refractivity contribution >= 4 is 11.9 Å². The predicted molar refractivity (Wildman–Crippen MR) is 306 cm³/mol. The quantitative estimate of drug-likeness (QED) is 0.0321. The lowest BCUT2D eigenvalue weighted by molar-refractivity contribution is -0.143. The molecular weight excluding hydrogens is 863 g/mol. The topological polar surface area (TPSA) is 95.9 Å². The van der Waals surface area contributed by atoms with E-state index in [1.54, 1.807) is 6.08 Å². The summed E-state index contributed by atoms with van der Waals surface area (Å²) >= 11 is 0. The monoisotopic (exact) mass is 986 g/mol. The van der Waals surface area contributed by atoms with Crippen LogP contribution in [0.15, 0.2) is 24.3 Å². The number of carbonyl (C=O) groups is 2. The lowest BCUT2D eigenvalue weighted by Crippen LogP contribution is -2.45. The van der Waals surface area contributed by atoms with Crippen molar-refractivity contribution in [1.29, 1.82) is 0 Å². The first-order valence-electron chi connectivity index (χ1n) is 31.6. The number of amides is 1.